The normalized spacial score (nSPS) is 13.8. The van der Waals surface area contributed by atoms with Crippen LogP contribution in [0.4, 0.5) is 10.5 Å². The lowest BCUT2D eigenvalue weighted by atomic mass is 10.2. The molecule has 1 aliphatic rings. The number of hydrogen-bond donors (Lipinski definition) is 1. The van der Waals surface area contributed by atoms with E-state index in [4.69, 9.17) is 10.00 Å². The summed E-state index contributed by atoms with van der Waals surface area (Å²) in [4.78, 5) is 38.7. The zero-order valence-corrected chi connectivity index (χ0v) is 13.3. The summed E-state index contributed by atoms with van der Waals surface area (Å²) in [5.41, 5.74) is 0.909. The second-order valence-electron chi connectivity index (χ2n) is 5.12. The van der Waals surface area contributed by atoms with Crippen molar-refractivity contribution >= 4 is 23.6 Å². The molecule has 0 unspecified atom stereocenters. The fourth-order valence-electron chi connectivity index (χ4n) is 2.26. The molecule has 0 radical (unpaired) electrons. The Morgan fingerprint density at radius 1 is 1.12 bits per heavy atom. The highest BCUT2D eigenvalue weighted by Gasteiger charge is 2.28. The van der Waals surface area contributed by atoms with Gasteiger partial charge in [0.1, 0.15) is 0 Å². The maximum Gasteiger partial charge on any atom is 0.409 e. The Morgan fingerprint density at radius 3 is 2.25 bits per heavy atom. The molecule has 1 heterocycles. The standard InChI is InChI=1S/C16H18N4O4/c1-2-24-16(23)20-9-7-19(8-10-20)15(22)14(21)18-13-5-3-12(11-17)4-6-13/h3-6H,2,7-10H2,1H3,(H,18,21). The van der Waals surface area contributed by atoms with E-state index in [-0.39, 0.29) is 13.1 Å². The van der Waals surface area contributed by atoms with Gasteiger partial charge in [0.2, 0.25) is 0 Å². The molecule has 8 heteroatoms. The van der Waals surface area contributed by atoms with Crippen LogP contribution >= 0.6 is 0 Å². The first-order chi connectivity index (χ1) is 11.5. The predicted octanol–water partition coefficient (Wildman–Crippen LogP) is 0.797. The van der Waals surface area contributed by atoms with Crippen LogP contribution in [0, 0.1) is 11.3 Å². The summed E-state index contributed by atoms with van der Waals surface area (Å²) in [7, 11) is 0. The number of carbonyl (C=O) groups excluding carboxylic acids is 3. The second-order valence-corrected chi connectivity index (χ2v) is 5.12. The Labute approximate surface area is 139 Å². The van der Waals surface area contributed by atoms with Gasteiger partial charge in [-0.05, 0) is 31.2 Å². The van der Waals surface area contributed by atoms with Gasteiger partial charge in [-0.25, -0.2) is 4.79 Å². The van der Waals surface area contributed by atoms with E-state index in [9.17, 15) is 14.4 Å². The molecule has 0 bridgehead atoms. The highest BCUT2D eigenvalue weighted by molar-refractivity contribution is 6.39. The highest BCUT2D eigenvalue weighted by Crippen LogP contribution is 2.10. The minimum absolute atomic E-state index is 0.276. The first-order valence-corrected chi connectivity index (χ1v) is 7.57. The number of anilines is 1. The third kappa shape index (κ3) is 4.23. The molecule has 24 heavy (non-hydrogen) atoms. The van der Waals surface area contributed by atoms with Crippen LogP contribution in [0.3, 0.4) is 0 Å². The number of amides is 3. The molecule has 1 aliphatic heterocycles. The lowest BCUT2D eigenvalue weighted by Gasteiger charge is -2.33. The van der Waals surface area contributed by atoms with Crippen LogP contribution in [0.2, 0.25) is 0 Å². The number of nitriles is 1. The molecule has 0 aliphatic carbocycles. The SMILES string of the molecule is CCOC(=O)N1CCN(C(=O)C(=O)Nc2ccc(C#N)cc2)CC1. The maximum absolute atomic E-state index is 12.2. The number of benzene rings is 1. The lowest BCUT2D eigenvalue weighted by Crippen LogP contribution is -2.53. The fourth-order valence-corrected chi connectivity index (χ4v) is 2.26. The molecule has 1 aromatic carbocycles. The van der Waals surface area contributed by atoms with Gasteiger partial charge in [-0.15, -0.1) is 0 Å². The first-order valence-electron chi connectivity index (χ1n) is 7.57. The van der Waals surface area contributed by atoms with E-state index in [1.807, 2.05) is 6.07 Å². The Hall–Kier alpha value is -3.08. The number of ether oxygens (including phenoxy) is 1. The van der Waals surface area contributed by atoms with Crippen LogP contribution in [0.5, 0.6) is 0 Å². The van der Waals surface area contributed by atoms with Crippen LogP contribution in [-0.2, 0) is 14.3 Å². The number of nitrogens with one attached hydrogen (secondary N) is 1. The molecule has 2 rings (SSSR count). The molecule has 3 amide bonds. The van der Waals surface area contributed by atoms with Crippen molar-refractivity contribution in [3.05, 3.63) is 29.8 Å². The third-order valence-corrected chi connectivity index (χ3v) is 3.56. The Kier molecular flexibility index (Phi) is 5.73. The first kappa shape index (κ1) is 17.3. The van der Waals surface area contributed by atoms with Gasteiger partial charge < -0.3 is 19.9 Å². The van der Waals surface area contributed by atoms with Gasteiger partial charge >= 0.3 is 17.9 Å². The van der Waals surface area contributed by atoms with Crippen molar-refractivity contribution in [2.24, 2.45) is 0 Å². The summed E-state index contributed by atoms with van der Waals surface area (Å²) in [6.07, 6.45) is -0.411. The fraction of sp³-hybridized carbons (Fsp3) is 0.375. The summed E-state index contributed by atoms with van der Waals surface area (Å²) in [5, 5.41) is 11.2. The van der Waals surface area contributed by atoms with E-state index >= 15 is 0 Å². The average molecular weight is 330 g/mol. The molecule has 1 fully saturated rings. The maximum atomic E-state index is 12.2. The molecule has 126 valence electrons. The van der Waals surface area contributed by atoms with Crippen molar-refractivity contribution in [1.82, 2.24) is 9.80 Å². The highest BCUT2D eigenvalue weighted by atomic mass is 16.6. The van der Waals surface area contributed by atoms with E-state index in [0.29, 0.717) is 30.9 Å². The number of nitrogens with zero attached hydrogens (tertiary/aromatic N) is 3. The average Bonchev–Trinajstić information content (AvgIpc) is 2.62. The summed E-state index contributed by atoms with van der Waals surface area (Å²) < 4.78 is 4.90. The van der Waals surface area contributed by atoms with Gasteiger partial charge in [0.05, 0.1) is 18.2 Å². The zero-order chi connectivity index (χ0) is 17.5. The van der Waals surface area contributed by atoms with E-state index in [2.05, 4.69) is 5.32 Å². The molecule has 0 atom stereocenters. The number of piperazine rings is 1. The van der Waals surface area contributed by atoms with Crippen LogP contribution in [0.1, 0.15) is 12.5 Å². The molecule has 0 aromatic heterocycles. The van der Waals surface area contributed by atoms with Crippen LogP contribution in [-0.4, -0.2) is 60.5 Å². The van der Waals surface area contributed by atoms with Gasteiger partial charge in [-0.2, -0.15) is 5.26 Å². The third-order valence-electron chi connectivity index (χ3n) is 3.56. The minimum atomic E-state index is -0.746. The Balaban J connectivity index is 1.86. The quantitative estimate of drug-likeness (QED) is 0.808. The summed E-state index contributed by atoms with van der Waals surface area (Å²) in [6, 6.07) is 8.20. The van der Waals surface area contributed by atoms with Gasteiger partial charge in [0, 0.05) is 31.9 Å². The van der Waals surface area contributed by atoms with Crippen molar-refractivity contribution in [3.63, 3.8) is 0 Å². The summed E-state index contributed by atoms with van der Waals surface area (Å²) in [6.45, 7) is 3.23. The smallest absolute Gasteiger partial charge is 0.409 e. The molecule has 1 N–H and O–H groups in total. The molecule has 1 saturated heterocycles. The van der Waals surface area contributed by atoms with Crippen LogP contribution in [0.25, 0.3) is 0 Å². The van der Waals surface area contributed by atoms with Crippen LogP contribution < -0.4 is 5.32 Å². The van der Waals surface area contributed by atoms with Gasteiger partial charge in [-0.3, -0.25) is 9.59 Å². The Morgan fingerprint density at radius 2 is 1.71 bits per heavy atom. The van der Waals surface area contributed by atoms with E-state index in [0.717, 1.165) is 0 Å². The van der Waals surface area contributed by atoms with Crippen molar-refractivity contribution in [2.75, 3.05) is 38.1 Å². The number of rotatable bonds is 2. The lowest BCUT2D eigenvalue weighted by molar-refractivity contribution is -0.144. The largest absolute Gasteiger partial charge is 0.450 e. The molecule has 0 spiro atoms. The molecule has 8 nitrogen and oxygen atoms in total. The van der Waals surface area contributed by atoms with Crippen molar-refractivity contribution in [2.45, 2.75) is 6.92 Å². The van der Waals surface area contributed by atoms with Crippen molar-refractivity contribution < 1.29 is 19.1 Å². The van der Waals surface area contributed by atoms with Gasteiger partial charge in [0.15, 0.2) is 0 Å². The Bertz CT molecular complexity index is 658. The second kappa shape index (κ2) is 7.97. The molecular formula is C16H18N4O4. The summed E-state index contributed by atoms with van der Waals surface area (Å²) >= 11 is 0. The van der Waals surface area contributed by atoms with Gasteiger partial charge in [-0.1, -0.05) is 0 Å². The monoisotopic (exact) mass is 330 g/mol. The van der Waals surface area contributed by atoms with E-state index < -0.39 is 17.9 Å². The summed E-state index contributed by atoms with van der Waals surface area (Å²) in [5.74, 6) is -1.40. The minimum Gasteiger partial charge on any atom is -0.450 e. The topological polar surface area (TPSA) is 103 Å². The van der Waals surface area contributed by atoms with Crippen LogP contribution in [0.15, 0.2) is 24.3 Å². The molecule has 0 saturated carbocycles. The molecule has 1 aromatic rings. The van der Waals surface area contributed by atoms with Crippen molar-refractivity contribution in [3.8, 4) is 6.07 Å². The predicted molar refractivity (Wildman–Crippen MR) is 85.0 cm³/mol. The zero-order valence-electron chi connectivity index (χ0n) is 13.3. The van der Waals surface area contributed by atoms with Crippen molar-refractivity contribution in [1.29, 1.82) is 5.26 Å². The van der Waals surface area contributed by atoms with E-state index in [1.165, 1.54) is 9.80 Å². The van der Waals surface area contributed by atoms with Gasteiger partial charge in [0.25, 0.3) is 0 Å². The van der Waals surface area contributed by atoms with E-state index in [1.54, 1.807) is 31.2 Å². The number of hydrogen-bond acceptors (Lipinski definition) is 5. The number of carbonyl (C=O) groups is 3. The molecular weight excluding hydrogens is 312 g/mol.